The molecular weight excluding hydrogens is 380 g/mol. The number of carbonyl (C=O) groups excluding carboxylic acids is 1. The van der Waals surface area contributed by atoms with Crippen LogP contribution in [0.5, 0.6) is 0 Å². The van der Waals surface area contributed by atoms with E-state index < -0.39 is 0 Å². The number of amides is 1. The Bertz CT molecular complexity index is 1160. The van der Waals surface area contributed by atoms with Crippen LogP contribution in [0, 0.1) is 13.8 Å². The summed E-state index contributed by atoms with van der Waals surface area (Å²) in [5, 5.41) is 3.74. The molecule has 158 valence electrons. The van der Waals surface area contributed by atoms with Crippen LogP contribution in [-0.2, 0) is 11.3 Å². The molecule has 30 heavy (non-hydrogen) atoms. The molecule has 0 spiro atoms. The molecule has 0 bridgehead atoms. The maximum atomic E-state index is 13.2. The molecule has 1 atom stereocenters. The second-order valence-corrected chi connectivity index (χ2v) is 8.18. The maximum absolute atomic E-state index is 13.2. The first-order valence-corrected chi connectivity index (χ1v) is 10.4. The Morgan fingerprint density at radius 3 is 2.83 bits per heavy atom. The zero-order chi connectivity index (χ0) is 21.4. The first-order valence-electron chi connectivity index (χ1n) is 10.4. The Balaban J connectivity index is 1.63. The van der Waals surface area contributed by atoms with Crippen LogP contribution in [0.2, 0.25) is 0 Å². The molecule has 0 radical (unpaired) electrons. The maximum Gasteiger partial charge on any atom is 0.254 e. The van der Waals surface area contributed by atoms with Gasteiger partial charge in [0.2, 0.25) is 0 Å². The fourth-order valence-corrected chi connectivity index (χ4v) is 4.23. The number of hydrogen-bond donors (Lipinski definition) is 2. The van der Waals surface area contributed by atoms with Crippen LogP contribution >= 0.6 is 0 Å². The minimum Gasteiger partial charge on any atom is -0.383 e. The highest BCUT2D eigenvalue weighted by Crippen LogP contribution is 2.38. The summed E-state index contributed by atoms with van der Waals surface area (Å²) in [6, 6.07) is 5.81. The molecule has 1 unspecified atom stereocenters. The second kappa shape index (κ2) is 8.07. The van der Waals surface area contributed by atoms with E-state index in [-0.39, 0.29) is 24.1 Å². The van der Waals surface area contributed by atoms with Gasteiger partial charge in [0.25, 0.3) is 11.5 Å². The van der Waals surface area contributed by atoms with E-state index in [1.807, 2.05) is 43.5 Å². The number of aryl methyl sites for hydroxylation is 1. The van der Waals surface area contributed by atoms with Gasteiger partial charge < -0.3 is 19.6 Å². The SMILES string of the molecule is COCC(C)n1c(C)c(C(=O)NCc2c(C)cc(C3CC3)[nH]c2=O)c2cccnc21. The van der Waals surface area contributed by atoms with Gasteiger partial charge in [0.1, 0.15) is 5.65 Å². The van der Waals surface area contributed by atoms with Crippen molar-refractivity contribution in [3.63, 3.8) is 0 Å². The van der Waals surface area contributed by atoms with Crippen LogP contribution in [0.4, 0.5) is 0 Å². The standard InChI is InChI=1S/C23H28N4O3/c1-13-10-19(16-7-8-16)26-22(28)18(13)11-25-23(29)20-15(3)27(14(2)12-30-4)21-17(20)6-5-9-24-21/h5-6,9-10,14,16H,7-8,11-12H2,1-4H3,(H,25,29)(H,26,28). The fourth-order valence-electron chi connectivity index (χ4n) is 4.23. The van der Waals surface area contributed by atoms with E-state index in [2.05, 4.69) is 15.3 Å². The minimum atomic E-state index is -0.209. The van der Waals surface area contributed by atoms with Gasteiger partial charge in [-0.3, -0.25) is 9.59 Å². The monoisotopic (exact) mass is 408 g/mol. The van der Waals surface area contributed by atoms with Crippen LogP contribution in [0.25, 0.3) is 11.0 Å². The predicted molar refractivity (Wildman–Crippen MR) is 116 cm³/mol. The van der Waals surface area contributed by atoms with Crippen LogP contribution in [0.3, 0.4) is 0 Å². The number of carbonyl (C=O) groups is 1. The van der Waals surface area contributed by atoms with Crippen molar-refractivity contribution in [2.24, 2.45) is 0 Å². The molecule has 7 heteroatoms. The minimum absolute atomic E-state index is 0.0361. The lowest BCUT2D eigenvalue weighted by Crippen LogP contribution is -2.28. The van der Waals surface area contributed by atoms with Gasteiger partial charge in [-0.2, -0.15) is 0 Å². The van der Waals surface area contributed by atoms with E-state index in [0.29, 0.717) is 23.7 Å². The number of pyridine rings is 2. The van der Waals surface area contributed by atoms with Gasteiger partial charge >= 0.3 is 0 Å². The second-order valence-electron chi connectivity index (χ2n) is 8.18. The highest BCUT2D eigenvalue weighted by atomic mass is 16.5. The lowest BCUT2D eigenvalue weighted by atomic mass is 10.1. The molecule has 3 heterocycles. The molecule has 2 N–H and O–H groups in total. The highest BCUT2D eigenvalue weighted by molar-refractivity contribution is 6.07. The molecule has 0 aliphatic heterocycles. The number of nitrogens with zero attached hydrogens (tertiary/aromatic N) is 2. The topological polar surface area (TPSA) is 89.0 Å². The predicted octanol–water partition coefficient (Wildman–Crippen LogP) is 3.36. The summed E-state index contributed by atoms with van der Waals surface area (Å²) in [7, 11) is 1.66. The largest absolute Gasteiger partial charge is 0.383 e. The Labute approximate surface area is 175 Å². The Kier molecular flexibility index (Phi) is 5.47. The van der Waals surface area contributed by atoms with Crippen LogP contribution in [0.15, 0.2) is 29.2 Å². The number of fused-ring (bicyclic) bond motifs is 1. The average molecular weight is 409 g/mol. The number of methoxy groups -OCH3 is 1. The van der Waals surface area contributed by atoms with E-state index in [1.165, 1.54) is 0 Å². The van der Waals surface area contributed by atoms with E-state index in [9.17, 15) is 9.59 Å². The summed E-state index contributed by atoms with van der Waals surface area (Å²) in [6.45, 7) is 6.59. The van der Waals surface area contributed by atoms with Crippen molar-refractivity contribution in [2.45, 2.75) is 52.1 Å². The van der Waals surface area contributed by atoms with Gasteiger partial charge in [0.05, 0.1) is 18.2 Å². The third kappa shape index (κ3) is 3.65. The quantitative estimate of drug-likeness (QED) is 0.627. The summed E-state index contributed by atoms with van der Waals surface area (Å²) in [5.74, 6) is 0.273. The Morgan fingerprint density at radius 2 is 2.17 bits per heavy atom. The molecule has 1 aliphatic carbocycles. The normalized spacial score (nSPS) is 14.8. The average Bonchev–Trinajstić information content (AvgIpc) is 3.50. The summed E-state index contributed by atoms with van der Waals surface area (Å²) in [5.41, 5.74) is 4.57. The van der Waals surface area contributed by atoms with Crippen molar-refractivity contribution >= 4 is 16.9 Å². The smallest absolute Gasteiger partial charge is 0.254 e. The van der Waals surface area contributed by atoms with Crippen LogP contribution < -0.4 is 10.9 Å². The summed E-state index contributed by atoms with van der Waals surface area (Å²) in [4.78, 5) is 33.2. The third-order valence-electron chi connectivity index (χ3n) is 5.91. The molecule has 0 aromatic carbocycles. The molecule has 1 amide bonds. The molecule has 1 fully saturated rings. The van der Waals surface area contributed by atoms with Crippen molar-refractivity contribution in [1.29, 1.82) is 0 Å². The fraction of sp³-hybridized carbons (Fsp3) is 0.435. The van der Waals surface area contributed by atoms with Crippen molar-refractivity contribution in [2.75, 3.05) is 13.7 Å². The first kappa shape index (κ1) is 20.3. The first-order chi connectivity index (χ1) is 14.4. The zero-order valence-corrected chi connectivity index (χ0v) is 17.9. The molecular formula is C23H28N4O3. The number of hydrogen-bond acceptors (Lipinski definition) is 4. The van der Waals surface area contributed by atoms with Crippen LogP contribution in [0.1, 0.15) is 64.6 Å². The zero-order valence-electron chi connectivity index (χ0n) is 17.9. The number of rotatable bonds is 7. The van der Waals surface area contributed by atoms with Gasteiger partial charge in [0.15, 0.2) is 0 Å². The van der Waals surface area contributed by atoms with E-state index in [0.717, 1.165) is 40.8 Å². The van der Waals surface area contributed by atoms with E-state index in [4.69, 9.17) is 4.74 Å². The van der Waals surface area contributed by atoms with E-state index in [1.54, 1.807) is 13.3 Å². The van der Waals surface area contributed by atoms with Gasteiger partial charge in [-0.15, -0.1) is 0 Å². The molecule has 4 rings (SSSR count). The van der Waals surface area contributed by atoms with Crippen molar-refractivity contribution in [3.05, 3.63) is 62.8 Å². The summed E-state index contributed by atoms with van der Waals surface area (Å²) < 4.78 is 7.34. The molecule has 1 aliphatic rings. The number of ether oxygens (including phenoxy) is 1. The van der Waals surface area contributed by atoms with Gasteiger partial charge in [0, 0.05) is 42.2 Å². The lowest BCUT2D eigenvalue weighted by molar-refractivity contribution is 0.0951. The number of aromatic amines is 1. The summed E-state index contributed by atoms with van der Waals surface area (Å²) in [6.07, 6.45) is 3.98. The Hall–Kier alpha value is -2.93. The molecule has 7 nitrogen and oxygen atoms in total. The number of nitrogens with one attached hydrogen (secondary N) is 2. The molecule has 3 aromatic heterocycles. The molecule has 3 aromatic rings. The molecule has 1 saturated carbocycles. The third-order valence-corrected chi connectivity index (χ3v) is 5.91. The lowest BCUT2D eigenvalue weighted by Gasteiger charge is -2.16. The van der Waals surface area contributed by atoms with Gasteiger partial charge in [-0.1, -0.05) is 0 Å². The number of H-pyrrole nitrogens is 1. The van der Waals surface area contributed by atoms with Gasteiger partial charge in [-0.25, -0.2) is 4.98 Å². The van der Waals surface area contributed by atoms with Crippen molar-refractivity contribution < 1.29 is 9.53 Å². The van der Waals surface area contributed by atoms with Gasteiger partial charge in [-0.05, 0) is 63.3 Å². The van der Waals surface area contributed by atoms with Crippen molar-refractivity contribution in [1.82, 2.24) is 19.9 Å². The molecule has 0 saturated heterocycles. The number of aromatic nitrogens is 3. The van der Waals surface area contributed by atoms with Crippen LogP contribution in [-0.4, -0.2) is 34.2 Å². The van der Waals surface area contributed by atoms with Crippen molar-refractivity contribution in [3.8, 4) is 0 Å². The summed E-state index contributed by atoms with van der Waals surface area (Å²) >= 11 is 0. The highest BCUT2D eigenvalue weighted by Gasteiger charge is 2.26. The Morgan fingerprint density at radius 1 is 1.40 bits per heavy atom. The van der Waals surface area contributed by atoms with E-state index >= 15 is 0 Å².